The molecule has 0 aliphatic carbocycles. The van der Waals surface area contributed by atoms with E-state index in [0.29, 0.717) is 25.6 Å². The summed E-state index contributed by atoms with van der Waals surface area (Å²) in [4.78, 5) is 13.2. The van der Waals surface area contributed by atoms with Gasteiger partial charge in [-0.1, -0.05) is 6.92 Å². The Kier molecular flexibility index (Phi) is 2.93. The molecule has 1 saturated heterocycles. The highest BCUT2D eigenvalue weighted by molar-refractivity contribution is 5.79. The fourth-order valence-corrected chi connectivity index (χ4v) is 2.00. The van der Waals surface area contributed by atoms with Gasteiger partial charge < -0.3 is 15.3 Å². The minimum atomic E-state index is -0.731. The van der Waals surface area contributed by atoms with Crippen LogP contribution in [0.15, 0.2) is 0 Å². The lowest BCUT2D eigenvalue weighted by molar-refractivity contribution is -0.144. The standard InChI is InChI=1S/C9H18N2O2/c1-4-10-9(8(12)13)5-7(2)11(3)6-9/h7,10H,4-6H2,1-3H3,(H,12,13). The summed E-state index contributed by atoms with van der Waals surface area (Å²) in [5.41, 5.74) is -0.719. The second-order valence-electron chi connectivity index (χ2n) is 3.89. The van der Waals surface area contributed by atoms with Crippen LogP contribution in [0.25, 0.3) is 0 Å². The van der Waals surface area contributed by atoms with Crippen LogP contribution in [0.2, 0.25) is 0 Å². The molecular formula is C9H18N2O2. The Balaban J connectivity index is 2.76. The molecule has 1 heterocycles. The van der Waals surface area contributed by atoms with Crippen LogP contribution in [0, 0.1) is 0 Å². The molecule has 0 saturated carbocycles. The molecule has 76 valence electrons. The summed E-state index contributed by atoms with van der Waals surface area (Å²) in [5, 5.41) is 12.2. The predicted octanol–water partition coefficient (Wildman–Crippen LogP) is 0.143. The van der Waals surface area contributed by atoms with Gasteiger partial charge in [-0.2, -0.15) is 0 Å². The summed E-state index contributed by atoms with van der Waals surface area (Å²) in [6.07, 6.45) is 0.687. The SMILES string of the molecule is CCNC1(C(=O)O)CC(C)N(C)C1. The van der Waals surface area contributed by atoms with Crippen molar-refractivity contribution in [2.24, 2.45) is 0 Å². The van der Waals surface area contributed by atoms with E-state index in [1.807, 2.05) is 14.0 Å². The van der Waals surface area contributed by atoms with Gasteiger partial charge in [0.25, 0.3) is 0 Å². The van der Waals surface area contributed by atoms with Crippen LogP contribution in [-0.4, -0.2) is 47.7 Å². The predicted molar refractivity (Wildman–Crippen MR) is 50.8 cm³/mol. The number of carbonyl (C=O) groups is 1. The lowest BCUT2D eigenvalue weighted by Crippen LogP contribution is -2.53. The number of rotatable bonds is 3. The van der Waals surface area contributed by atoms with E-state index in [4.69, 9.17) is 5.11 Å². The Labute approximate surface area is 78.9 Å². The highest BCUT2D eigenvalue weighted by Gasteiger charge is 2.46. The van der Waals surface area contributed by atoms with Crippen LogP contribution >= 0.6 is 0 Å². The topological polar surface area (TPSA) is 52.6 Å². The van der Waals surface area contributed by atoms with Crippen molar-refractivity contribution in [3.05, 3.63) is 0 Å². The lowest BCUT2D eigenvalue weighted by atomic mass is 9.96. The molecule has 13 heavy (non-hydrogen) atoms. The molecule has 0 bridgehead atoms. The maximum absolute atomic E-state index is 11.1. The van der Waals surface area contributed by atoms with E-state index < -0.39 is 11.5 Å². The van der Waals surface area contributed by atoms with Gasteiger partial charge in [-0.05, 0) is 26.9 Å². The molecule has 2 N–H and O–H groups in total. The summed E-state index contributed by atoms with van der Waals surface area (Å²) in [6.45, 7) is 5.29. The third kappa shape index (κ3) is 1.84. The van der Waals surface area contributed by atoms with Gasteiger partial charge in [0.05, 0.1) is 0 Å². The number of carboxylic acid groups (broad SMARTS) is 1. The quantitative estimate of drug-likeness (QED) is 0.658. The van der Waals surface area contributed by atoms with Crippen molar-refractivity contribution in [3.8, 4) is 0 Å². The molecular weight excluding hydrogens is 168 g/mol. The highest BCUT2D eigenvalue weighted by Crippen LogP contribution is 2.25. The third-order valence-corrected chi connectivity index (χ3v) is 2.84. The minimum Gasteiger partial charge on any atom is -0.480 e. The molecule has 0 aromatic rings. The molecule has 0 aromatic heterocycles. The molecule has 0 spiro atoms. The number of nitrogens with one attached hydrogen (secondary N) is 1. The van der Waals surface area contributed by atoms with Crippen LogP contribution in [0.3, 0.4) is 0 Å². The Morgan fingerprint density at radius 1 is 1.77 bits per heavy atom. The molecule has 4 nitrogen and oxygen atoms in total. The first-order valence-electron chi connectivity index (χ1n) is 4.70. The molecule has 1 aliphatic rings. The van der Waals surface area contributed by atoms with Gasteiger partial charge in [-0.25, -0.2) is 0 Å². The fourth-order valence-electron chi connectivity index (χ4n) is 2.00. The third-order valence-electron chi connectivity index (χ3n) is 2.84. The fraction of sp³-hybridized carbons (Fsp3) is 0.889. The Morgan fingerprint density at radius 3 is 2.69 bits per heavy atom. The van der Waals surface area contributed by atoms with Crippen molar-refractivity contribution in [3.63, 3.8) is 0 Å². The number of likely N-dealkylation sites (tertiary alicyclic amines) is 1. The van der Waals surface area contributed by atoms with Crippen LogP contribution in [0.1, 0.15) is 20.3 Å². The average molecular weight is 186 g/mol. The van der Waals surface area contributed by atoms with Crippen LogP contribution in [-0.2, 0) is 4.79 Å². The van der Waals surface area contributed by atoms with Crippen molar-refractivity contribution in [1.29, 1.82) is 0 Å². The molecule has 4 heteroatoms. The number of aliphatic carboxylic acids is 1. The van der Waals surface area contributed by atoms with Gasteiger partial charge in [0.15, 0.2) is 0 Å². The largest absolute Gasteiger partial charge is 0.480 e. The summed E-state index contributed by atoms with van der Waals surface area (Å²) in [7, 11) is 1.96. The van der Waals surface area contributed by atoms with Gasteiger partial charge in [-0.3, -0.25) is 4.79 Å². The number of hydrogen-bond donors (Lipinski definition) is 2. The van der Waals surface area contributed by atoms with E-state index in [1.165, 1.54) is 0 Å². The summed E-state index contributed by atoms with van der Waals surface area (Å²) in [6, 6.07) is 0.343. The van der Waals surface area contributed by atoms with Crippen molar-refractivity contribution in [2.75, 3.05) is 20.1 Å². The average Bonchev–Trinajstić information content (AvgIpc) is 2.29. The van der Waals surface area contributed by atoms with E-state index in [0.717, 1.165) is 0 Å². The molecule has 0 aromatic carbocycles. The second kappa shape index (κ2) is 3.64. The Bertz CT molecular complexity index is 196. The molecule has 0 amide bonds. The number of likely N-dealkylation sites (N-methyl/N-ethyl adjacent to an activating group) is 2. The van der Waals surface area contributed by atoms with Crippen molar-refractivity contribution >= 4 is 5.97 Å². The Morgan fingerprint density at radius 2 is 2.38 bits per heavy atom. The zero-order valence-electron chi connectivity index (χ0n) is 8.50. The number of nitrogens with zero attached hydrogens (tertiary/aromatic N) is 1. The first-order valence-corrected chi connectivity index (χ1v) is 4.70. The lowest BCUT2D eigenvalue weighted by Gasteiger charge is -2.24. The van der Waals surface area contributed by atoms with E-state index in [2.05, 4.69) is 17.1 Å². The van der Waals surface area contributed by atoms with Crippen molar-refractivity contribution in [1.82, 2.24) is 10.2 Å². The monoisotopic (exact) mass is 186 g/mol. The smallest absolute Gasteiger partial charge is 0.325 e. The normalized spacial score (nSPS) is 35.2. The van der Waals surface area contributed by atoms with Crippen LogP contribution in [0.4, 0.5) is 0 Å². The summed E-state index contributed by atoms with van der Waals surface area (Å²) < 4.78 is 0. The van der Waals surface area contributed by atoms with E-state index in [-0.39, 0.29) is 0 Å². The zero-order chi connectivity index (χ0) is 10.1. The van der Waals surface area contributed by atoms with Gasteiger partial charge in [0.1, 0.15) is 5.54 Å². The molecule has 1 fully saturated rings. The molecule has 2 unspecified atom stereocenters. The van der Waals surface area contributed by atoms with Crippen LogP contribution in [0.5, 0.6) is 0 Å². The van der Waals surface area contributed by atoms with E-state index >= 15 is 0 Å². The number of hydrogen-bond acceptors (Lipinski definition) is 3. The highest BCUT2D eigenvalue weighted by atomic mass is 16.4. The number of carboxylic acids is 1. The molecule has 0 radical (unpaired) electrons. The maximum atomic E-state index is 11.1. The van der Waals surface area contributed by atoms with E-state index in [9.17, 15) is 4.79 Å². The van der Waals surface area contributed by atoms with E-state index in [1.54, 1.807) is 0 Å². The van der Waals surface area contributed by atoms with Gasteiger partial charge in [-0.15, -0.1) is 0 Å². The van der Waals surface area contributed by atoms with Gasteiger partial charge >= 0.3 is 5.97 Å². The molecule has 1 aliphatic heterocycles. The first kappa shape index (κ1) is 10.5. The minimum absolute atomic E-state index is 0.343. The first-order chi connectivity index (χ1) is 6.02. The summed E-state index contributed by atoms with van der Waals surface area (Å²) in [5.74, 6) is -0.731. The van der Waals surface area contributed by atoms with Gasteiger partial charge in [0.2, 0.25) is 0 Å². The maximum Gasteiger partial charge on any atom is 0.325 e. The van der Waals surface area contributed by atoms with Crippen molar-refractivity contribution in [2.45, 2.75) is 31.8 Å². The summed E-state index contributed by atoms with van der Waals surface area (Å²) >= 11 is 0. The van der Waals surface area contributed by atoms with Crippen LogP contribution < -0.4 is 5.32 Å². The second-order valence-corrected chi connectivity index (χ2v) is 3.89. The molecule has 1 rings (SSSR count). The van der Waals surface area contributed by atoms with Crippen molar-refractivity contribution < 1.29 is 9.90 Å². The Hall–Kier alpha value is -0.610. The molecule has 2 atom stereocenters. The van der Waals surface area contributed by atoms with Gasteiger partial charge in [0, 0.05) is 12.6 Å². The zero-order valence-corrected chi connectivity index (χ0v) is 8.50.